The molecule has 0 radical (unpaired) electrons. The number of aliphatic hydroxyl groups is 3. The van der Waals surface area contributed by atoms with Crippen molar-refractivity contribution in [2.24, 2.45) is 0 Å². The third-order valence-electron chi connectivity index (χ3n) is 9.50. The number of hydrogen-bond donors (Lipinski definition) is 3. The molecule has 266 valence electrons. The van der Waals surface area contributed by atoms with Crippen LogP contribution in [0.3, 0.4) is 0 Å². The van der Waals surface area contributed by atoms with Crippen molar-refractivity contribution >= 4 is 17.3 Å². The number of ketones is 3. The van der Waals surface area contributed by atoms with Gasteiger partial charge >= 0.3 is 0 Å². The fourth-order valence-electron chi connectivity index (χ4n) is 6.32. The van der Waals surface area contributed by atoms with Crippen LogP contribution in [0.2, 0.25) is 0 Å². The molecule has 0 bridgehead atoms. The highest BCUT2D eigenvalue weighted by Crippen LogP contribution is 2.25. The number of carbonyl (C=O) groups excluding carboxylic acids is 3. The van der Waals surface area contributed by atoms with Crippen LogP contribution in [0.5, 0.6) is 0 Å². The maximum atomic E-state index is 13.0. The van der Waals surface area contributed by atoms with Gasteiger partial charge in [-0.15, -0.1) is 0 Å². The molecule has 0 saturated carbocycles. The third-order valence-corrected chi connectivity index (χ3v) is 9.50. The van der Waals surface area contributed by atoms with Crippen LogP contribution in [0.1, 0.15) is 213 Å². The molecule has 0 aromatic rings. The van der Waals surface area contributed by atoms with Crippen LogP contribution in [-0.2, 0) is 14.4 Å². The van der Waals surface area contributed by atoms with Crippen LogP contribution in [0, 0.1) is 0 Å². The minimum absolute atomic E-state index is 0.0120. The Bertz CT molecular complexity index is 722. The summed E-state index contributed by atoms with van der Waals surface area (Å²) in [5.41, 5.74) is -2.78. The van der Waals surface area contributed by atoms with Gasteiger partial charge in [0.1, 0.15) is 0 Å². The number of hydrogen-bond acceptors (Lipinski definition) is 6. The average Bonchev–Trinajstić information content (AvgIpc) is 3.03. The molecule has 0 aromatic heterocycles. The van der Waals surface area contributed by atoms with Crippen molar-refractivity contribution in [3.8, 4) is 0 Å². The van der Waals surface area contributed by atoms with Crippen molar-refractivity contribution < 1.29 is 29.7 Å². The lowest BCUT2D eigenvalue weighted by Crippen LogP contribution is -2.62. The van der Waals surface area contributed by atoms with Crippen LogP contribution < -0.4 is 0 Å². The molecule has 6 heteroatoms. The zero-order chi connectivity index (χ0) is 33.6. The molecule has 0 spiro atoms. The minimum Gasteiger partial charge on any atom is -0.382 e. The van der Waals surface area contributed by atoms with E-state index >= 15 is 0 Å². The summed E-state index contributed by atoms with van der Waals surface area (Å²) in [6, 6.07) is 0. The highest BCUT2D eigenvalue weighted by Gasteiger charge is 2.53. The van der Waals surface area contributed by atoms with Gasteiger partial charge in [0.25, 0.3) is 0 Å². The number of carbonyl (C=O) groups is 3. The molecular weight excluding hydrogens is 564 g/mol. The van der Waals surface area contributed by atoms with Crippen LogP contribution in [0.4, 0.5) is 0 Å². The van der Waals surface area contributed by atoms with Crippen molar-refractivity contribution in [3.05, 3.63) is 0 Å². The van der Waals surface area contributed by atoms with Gasteiger partial charge in [0.05, 0.1) is 0 Å². The fourth-order valence-corrected chi connectivity index (χ4v) is 6.32. The summed E-state index contributed by atoms with van der Waals surface area (Å²) in [7, 11) is 0. The van der Waals surface area contributed by atoms with Crippen molar-refractivity contribution in [2.75, 3.05) is 0 Å². The van der Waals surface area contributed by atoms with Crippen LogP contribution in [0.15, 0.2) is 0 Å². The quantitative estimate of drug-likeness (QED) is 0.0596. The van der Waals surface area contributed by atoms with Gasteiger partial charge in [0.15, 0.2) is 35.2 Å². The number of unbranched alkanes of at least 4 members (excludes halogenated alkanes) is 26. The van der Waals surface area contributed by atoms with E-state index in [0.717, 1.165) is 45.4 Å². The molecule has 0 saturated heterocycles. The molecule has 3 N–H and O–H groups in total. The minimum atomic E-state index is -2.78. The predicted octanol–water partition coefficient (Wildman–Crippen LogP) is 9.91. The molecule has 0 fully saturated rings. The number of aliphatic hydroxyl groups excluding tert-OH is 2. The second-order valence-electron chi connectivity index (χ2n) is 13.8. The maximum absolute atomic E-state index is 13.0. The lowest BCUT2D eigenvalue weighted by Gasteiger charge is -2.33. The first-order valence-corrected chi connectivity index (χ1v) is 19.4. The Kier molecular flexibility index (Phi) is 29.5. The van der Waals surface area contributed by atoms with Crippen molar-refractivity contribution in [1.82, 2.24) is 0 Å². The first-order valence-electron chi connectivity index (χ1n) is 19.4. The lowest BCUT2D eigenvalue weighted by molar-refractivity contribution is -0.181. The van der Waals surface area contributed by atoms with E-state index < -0.39 is 35.2 Å². The van der Waals surface area contributed by atoms with E-state index in [-0.39, 0.29) is 12.8 Å². The Morgan fingerprint density at radius 1 is 0.444 bits per heavy atom. The van der Waals surface area contributed by atoms with Gasteiger partial charge in [-0.2, -0.15) is 0 Å². The summed E-state index contributed by atoms with van der Waals surface area (Å²) in [6.45, 7) is 5.54. The Labute approximate surface area is 277 Å². The van der Waals surface area contributed by atoms with E-state index in [9.17, 15) is 29.7 Å². The predicted molar refractivity (Wildman–Crippen MR) is 188 cm³/mol. The molecule has 0 heterocycles. The van der Waals surface area contributed by atoms with E-state index in [1.54, 1.807) is 0 Å². The topological polar surface area (TPSA) is 112 Å². The van der Waals surface area contributed by atoms with Crippen LogP contribution in [0.25, 0.3) is 0 Å². The van der Waals surface area contributed by atoms with Crippen LogP contribution in [-0.4, -0.2) is 50.5 Å². The summed E-state index contributed by atoms with van der Waals surface area (Å²) >= 11 is 0. The maximum Gasteiger partial charge on any atom is 0.189 e. The van der Waals surface area contributed by atoms with Gasteiger partial charge in [-0.1, -0.05) is 181 Å². The zero-order valence-electron chi connectivity index (χ0n) is 29.9. The lowest BCUT2D eigenvalue weighted by atomic mass is 9.79. The largest absolute Gasteiger partial charge is 0.382 e. The van der Waals surface area contributed by atoms with Crippen LogP contribution >= 0.6 is 0 Å². The van der Waals surface area contributed by atoms with E-state index in [2.05, 4.69) is 13.8 Å². The number of Topliss-reactive ketones (excluding diaryl/α,β-unsaturated/α-hetero) is 3. The van der Waals surface area contributed by atoms with Crippen molar-refractivity contribution in [3.63, 3.8) is 0 Å². The molecule has 0 aromatic carbocycles. The SMILES string of the molecule is CCCCCCCCCCCCCCCCCC(=O)C(O)(C(O)C(C)=O)C(O)C(=O)CCCCCCCCCCCCCCC. The molecular formula is C39H74O6. The summed E-state index contributed by atoms with van der Waals surface area (Å²) in [5, 5.41) is 32.2. The van der Waals surface area contributed by atoms with Gasteiger partial charge in [-0.25, -0.2) is 0 Å². The molecule has 0 aliphatic rings. The normalized spacial score (nSPS) is 14.3. The Hall–Kier alpha value is -1.11. The van der Waals surface area contributed by atoms with Gasteiger partial charge in [-0.05, 0) is 19.8 Å². The van der Waals surface area contributed by atoms with Gasteiger partial charge in [0, 0.05) is 12.8 Å². The standard InChI is InChI=1S/C39H74O6/c1-4-6-8-10-12-14-16-18-19-21-23-25-27-29-31-33-36(42)39(45,37(43)34(3)40)38(44)35(41)32-30-28-26-24-22-20-17-15-13-11-9-7-5-2/h37-38,43-45H,4-33H2,1-3H3. The van der Waals surface area contributed by atoms with E-state index in [0.29, 0.717) is 12.8 Å². The molecule has 0 amide bonds. The smallest absolute Gasteiger partial charge is 0.189 e. The third kappa shape index (κ3) is 22.2. The summed E-state index contributed by atoms with van der Waals surface area (Å²) in [4.78, 5) is 37.7. The summed E-state index contributed by atoms with van der Waals surface area (Å²) in [5.74, 6) is -2.35. The van der Waals surface area contributed by atoms with E-state index in [4.69, 9.17) is 0 Å². The molecule has 3 atom stereocenters. The second-order valence-corrected chi connectivity index (χ2v) is 13.8. The first kappa shape index (κ1) is 43.9. The molecule has 0 rings (SSSR count). The molecule has 0 aliphatic heterocycles. The first-order chi connectivity index (χ1) is 21.7. The van der Waals surface area contributed by atoms with Gasteiger partial charge < -0.3 is 15.3 Å². The average molecular weight is 639 g/mol. The second kappa shape index (κ2) is 30.2. The van der Waals surface area contributed by atoms with Crippen molar-refractivity contribution in [2.45, 2.75) is 231 Å². The number of rotatable bonds is 35. The van der Waals surface area contributed by atoms with Gasteiger partial charge in [-0.3, -0.25) is 14.4 Å². The Balaban J connectivity index is 4.20. The summed E-state index contributed by atoms with van der Waals surface area (Å²) in [6.07, 6.45) is 28.6. The molecule has 3 unspecified atom stereocenters. The summed E-state index contributed by atoms with van der Waals surface area (Å²) < 4.78 is 0. The molecule has 45 heavy (non-hydrogen) atoms. The Morgan fingerprint density at radius 3 is 1.00 bits per heavy atom. The van der Waals surface area contributed by atoms with Gasteiger partial charge in [0.2, 0.25) is 0 Å². The monoisotopic (exact) mass is 639 g/mol. The fraction of sp³-hybridized carbons (Fsp3) is 0.923. The molecule has 6 nitrogen and oxygen atoms in total. The van der Waals surface area contributed by atoms with E-state index in [1.165, 1.54) is 128 Å². The highest BCUT2D eigenvalue weighted by atomic mass is 16.4. The zero-order valence-corrected chi connectivity index (χ0v) is 29.9. The highest BCUT2D eigenvalue weighted by molar-refractivity contribution is 6.01. The van der Waals surface area contributed by atoms with E-state index in [1.807, 2.05) is 0 Å². The Morgan fingerprint density at radius 2 is 0.711 bits per heavy atom. The molecule has 0 aliphatic carbocycles. The van der Waals surface area contributed by atoms with Crippen molar-refractivity contribution in [1.29, 1.82) is 0 Å².